The largest absolute Gasteiger partial charge is 0.476 e. The predicted molar refractivity (Wildman–Crippen MR) is 63.9 cm³/mol. The van der Waals surface area contributed by atoms with Crippen molar-refractivity contribution in [2.24, 2.45) is 0 Å². The third-order valence-electron chi connectivity index (χ3n) is 2.53. The topological polar surface area (TPSA) is 106 Å². The van der Waals surface area contributed by atoms with Crippen molar-refractivity contribution >= 4 is 17.3 Å². The van der Waals surface area contributed by atoms with Crippen LogP contribution >= 0.6 is 11.6 Å². The van der Waals surface area contributed by atoms with Crippen molar-refractivity contribution in [2.75, 3.05) is 13.0 Å². The Labute approximate surface area is 108 Å². The first-order chi connectivity index (χ1) is 8.43. The van der Waals surface area contributed by atoms with E-state index in [2.05, 4.69) is 4.98 Å². The third-order valence-corrected chi connectivity index (χ3v) is 2.84. The first kappa shape index (κ1) is 14.6. The number of aliphatic hydroxyl groups excluding tert-OH is 2. The summed E-state index contributed by atoms with van der Waals surface area (Å²) < 4.78 is 4.79. The van der Waals surface area contributed by atoms with Gasteiger partial charge in [-0.2, -0.15) is 0 Å². The lowest BCUT2D eigenvalue weighted by Gasteiger charge is -2.17. The van der Waals surface area contributed by atoms with Crippen LogP contribution in [-0.2, 0) is 0 Å². The number of methoxy groups -OCH3 is 1. The van der Waals surface area contributed by atoms with Crippen LogP contribution in [0.4, 0.5) is 5.69 Å². The van der Waals surface area contributed by atoms with Gasteiger partial charge in [-0.1, -0.05) is 0 Å². The van der Waals surface area contributed by atoms with E-state index in [4.69, 9.17) is 16.3 Å². The molecule has 0 aliphatic rings. The van der Waals surface area contributed by atoms with Crippen molar-refractivity contribution in [3.63, 3.8) is 0 Å². The van der Waals surface area contributed by atoms with Crippen LogP contribution < -0.4 is 4.74 Å². The highest BCUT2D eigenvalue weighted by Crippen LogP contribution is 2.33. The molecule has 0 radical (unpaired) electrons. The lowest BCUT2D eigenvalue weighted by atomic mass is 10.0. The summed E-state index contributed by atoms with van der Waals surface area (Å²) in [6.45, 7) is 1.45. The van der Waals surface area contributed by atoms with E-state index in [1.54, 1.807) is 0 Å². The molecule has 1 heterocycles. The van der Waals surface area contributed by atoms with E-state index in [9.17, 15) is 20.3 Å². The number of hydrogen-bond donors (Lipinski definition) is 2. The van der Waals surface area contributed by atoms with Gasteiger partial charge in [0, 0.05) is 17.3 Å². The second-order valence-electron chi connectivity index (χ2n) is 3.62. The van der Waals surface area contributed by atoms with Gasteiger partial charge in [0.2, 0.25) is 0 Å². The van der Waals surface area contributed by atoms with Crippen LogP contribution in [0, 0.1) is 17.0 Å². The Morgan fingerprint density at radius 2 is 2.22 bits per heavy atom. The molecule has 0 spiro atoms. The van der Waals surface area contributed by atoms with Crippen molar-refractivity contribution < 1.29 is 19.9 Å². The Morgan fingerprint density at radius 1 is 1.61 bits per heavy atom. The summed E-state index contributed by atoms with van der Waals surface area (Å²) in [6.07, 6.45) is -1.33. The van der Waals surface area contributed by atoms with Gasteiger partial charge in [-0.25, -0.2) is 4.98 Å². The molecule has 2 unspecified atom stereocenters. The Morgan fingerprint density at radius 3 is 2.67 bits per heavy atom. The van der Waals surface area contributed by atoms with Crippen molar-refractivity contribution in [3.8, 4) is 5.88 Å². The molecule has 0 amide bonds. The normalized spacial score (nSPS) is 14.1. The van der Waals surface area contributed by atoms with E-state index in [0.29, 0.717) is 0 Å². The van der Waals surface area contributed by atoms with Crippen LogP contribution in [0.2, 0.25) is 0 Å². The SMILES string of the molecule is COc1ncc(C(O)C(O)CCl)c(C)c1[N+](=O)[O-]. The zero-order valence-electron chi connectivity index (χ0n) is 9.83. The molecule has 7 nitrogen and oxygen atoms in total. The van der Waals surface area contributed by atoms with Crippen LogP contribution in [0.3, 0.4) is 0 Å². The summed E-state index contributed by atoms with van der Waals surface area (Å²) in [4.78, 5) is 14.0. The van der Waals surface area contributed by atoms with Crippen LogP contribution in [0.15, 0.2) is 6.20 Å². The molecule has 0 saturated carbocycles. The van der Waals surface area contributed by atoms with Gasteiger partial charge in [0.1, 0.15) is 6.10 Å². The molecule has 0 aliphatic heterocycles. The number of nitrogens with zero attached hydrogens (tertiary/aromatic N) is 2. The van der Waals surface area contributed by atoms with Gasteiger partial charge < -0.3 is 14.9 Å². The fourth-order valence-electron chi connectivity index (χ4n) is 1.54. The van der Waals surface area contributed by atoms with Gasteiger partial charge in [0.15, 0.2) is 0 Å². The number of halogens is 1. The number of rotatable bonds is 5. The standard InChI is InChI=1S/C10H13ClN2O5/c1-5-6(9(15)7(14)3-11)4-12-10(18-2)8(5)13(16)17/h4,7,9,14-15H,3H2,1-2H3. The number of hydrogen-bond acceptors (Lipinski definition) is 6. The first-order valence-corrected chi connectivity index (χ1v) is 5.57. The van der Waals surface area contributed by atoms with E-state index in [-0.39, 0.29) is 28.6 Å². The van der Waals surface area contributed by atoms with Gasteiger partial charge >= 0.3 is 5.69 Å². The van der Waals surface area contributed by atoms with E-state index in [1.165, 1.54) is 20.2 Å². The average Bonchev–Trinajstić information content (AvgIpc) is 2.35. The number of aromatic nitrogens is 1. The maximum Gasteiger partial charge on any atom is 0.334 e. The maximum atomic E-state index is 10.9. The molecule has 18 heavy (non-hydrogen) atoms. The highest BCUT2D eigenvalue weighted by molar-refractivity contribution is 6.18. The molecule has 0 aliphatic carbocycles. The van der Waals surface area contributed by atoms with Crippen molar-refractivity contribution in [3.05, 3.63) is 27.4 Å². The van der Waals surface area contributed by atoms with Crippen molar-refractivity contribution in [2.45, 2.75) is 19.1 Å². The molecule has 0 saturated heterocycles. The molecule has 1 rings (SSSR count). The molecule has 100 valence electrons. The van der Waals surface area contributed by atoms with E-state index < -0.39 is 17.1 Å². The highest BCUT2D eigenvalue weighted by atomic mass is 35.5. The molecule has 0 aromatic carbocycles. The first-order valence-electron chi connectivity index (χ1n) is 5.04. The zero-order valence-corrected chi connectivity index (χ0v) is 10.6. The Bertz CT molecular complexity index is 454. The quantitative estimate of drug-likeness (QED) is 0.471. The molecule has 2 atom stereocenters. The minimum atomic E-state index is -1.33. The highest BCUT2D eigenvalue weighted by Gasteiger charge is 2.28. The fourth-order valence-corrected chi connectivity index (χ4v) is 1.71. The van der Waals surface area contributed by atoms with Crippen LogP contribution in [0.1, 0.15) is 17.2 Å². The smallest absolute Gasteiger partial charge is 0.334 e. The Hall–Kier alpha value is -1.44. The number of alkyl halides is 1. The minimum absolute atomic E-state index is 0.145. The summed E-state index contributed by atoms with van der Waals surface area (Å²) in [5, 5.41) is 30.2. The van der Waals surface area contributed by atoms with Gasteiger partial charge in [-0.05, 0) is 6.92 Å². The predicted octanol–water partition coefficient (Wildman–Crippen LogP) is 0.940. The Kier molecular flexibility index (Phi) is 4.83. The van der Waals surface area contributed by atoms with E-state index >= 15 is 0 Å². The van der Waals surface area contributed by atoms with Gasteiger partial charge in [-0.3, -0.25) is 10.1 Å². The summed E-state index contributed by atoms with van der Waals surface area (Å²) in [5.41, 5.74) is -0.00464. The third kappa shape index (κ3) is 2.69. The number of aliphatic hydroxyl groups is 2. The van der Waals surface area contributed by atoms with Crippen molar-refractivity contribution in [1.29, 1.82) is 0 Å². The molecule has 1 aromatic heterocycles. The lowest BCUT2D eigenvalue weighted by Crippen LogP contribution is -2.21. The van der Waals surface area contributed by atoms with Gasteiger partial charge in [0.05, 0.1) is 24.0 Å². The summed E-state index contributed by atoms with van der Waals surface area (Å²) in [7, 11) is 1.26. The molecule has 2 N–H and O–H groups in total. The number of pyridine rings is 1. The average molecular weight is 277 g/mol. The van der Waals surface area contributed by atoms with Crippen LogP contribution in [0.25, 0.3) is 0 Å². The fraction of sp³-hybridized carbons (Fsp3) is 0.500. The monoisotopic (exact) mass is 276 g/mol. The molecular formula is C10H13ClN2O5. The van der Waals surface area contributed by atoms with Crippen LogP contribution in [-0.4, -0.2) is 39.2 Å². The zero-order chi connectivity index (χ0) is 13.9. The van der Waals surface area contributed by atoms with Crippen LogP contribution in [0.5, 0.6) is 5.88 Å². The molecule has 0 bridgehead atoms. The number of ether oxygens (including phenoxy) is 1. The summed E-state index contributed by atoms with van der Waals surface area (Å²) >= 11 is 5.42. The maximum absolute atomic E-state index is 10.9. The summed E-state index contributed by atoms with van der Waals surface area (Å²) in [5.74, 6) is -0.339. The van der Waals surface area contributed by atoms with E-state index in [1.807, 2.05) is 0 Å². The van der Waals surface area contributed by atoms with Gasteiger partial charge in [0.25, 0.3) is 5.88 Å². The molecule has 0 fully saturated rings. The molecule has 1 aromatic rings. The second-order valence-corrected chi connectivity index (χ2v) is 3.93. The Balaban J connectivity index is 3.32. The minimum Gasteiger partial charge on any atom is -0.476 e. The second kappa shape index (κ2) is 5.94. The molecular weight excluding hydrogens is 264 g/mol. The number of nitro groups is 1. The molecule has 8 heteroatoms. The lowest BCUT2D eigenvalue weighted by molar-refractivity contribution is -0.386. The van der Waals surface area contributed by atoms with Gasteiger partial charge in [-0.15, -0.1) is 11.6 Å². The summed E-state index contributed by atoms with van der Waals surface area (Å²) in [6, 6.07) is 0. The van der Waals surface area contributed by atoms with E-state index in [0.717, 1.165) is 0 Å². The van der Waals surface area contributed by atoms with Crippen molar-refractivity contribution in [1.82, 2.24) is 4.98 Å².